The molecule has 0 aliphatic heterocycles. The predicted octanol–water partition coefficient (Wildman–Crippen LogP) is 9.33. The van der Waals surface area contributed by atoms with Gasteiger partial charge < -0.3 is 9.47 Å². The summed E-state index contributed by atoms with van der Waals surface area (Å²) < 4.78 is 62.8. The van der Waals surface area contributed by atoms with Gasteiger partial charge >= 0.3 is 6.18 Å². The molecule has 0 saturated carbocycles. The largest absolute Gasteiger partial charge is 0.494 e. The number of aryl methyl sites for hydroxylation is 2. The summed E-state index contributed by atoms with van der Waals surface area (Å²) >= 11 is 0. The fraction of sp³-hybridized carbons (Fsp3) is 0.312. The van der Waals surface area contributed by atoms with Gasteiger partial charge in [-0.25, -0.2) is 4.39 Å². The first-order valence-corrected chi connectivity index (χ1v) is 13.1. The Kier molecular flexibility index (Phi) is 9.27. The molecular formula is C32H32F4O2. The maximum absolute atomic E-state index is 15.3. The quantitative estimate of drug-likeness (QED) is 0.136. The summed E-state index contributed by atoms with van der Waals surface area (Å²) in [5.41, 5.74) is 3.54. The van der Waals surface area contributed by atoms with Crippen LogP contribution in [0.15, 0.2) is 78.9 Å². The molecule has 0 aliphatic carbocycles. The average molecular weight is 525 g/mol. The van der Waals surface area contributed by atoms with Crippen molar-refractivity contribution < 1.29 is 27.0 Å². The maximum atomic E-state index is 15.3. The number of ether oxygens (including phenoxy) is 2. The highest BCUT2D eigenvalue weighted by Gasteiger charge is 2.28. The summed E-state index contributed by atoms with van der Waals surface area (Å²) in [4.78, 5) is 0. The minimum atomic E-state index is -4.38. The highest BCUT2D eigenvalue weighted by molar-refractivity contribution is 5.88. The molecule has 0 aromatic heterocycles. The molecule has 4 aromatic carbocycles. The molecule has 4 aromatic rings. The van der Waals surface area contributed by atoms with Gasteiger partial charge in [-0.05, 0) is 77.2 Å². The lowest BCUT2D eigenvalue weighted by Crippen LogP contribution is -2.19. The minimum Gasteiger partial charge on any atom is -0.494 e. The summed E-state index contributed by atoms with van der Waals surface area (Å²) in [5.74, 6) is 0.763. The van der Waals surface area contributed by atoms with Crippen molar-refractivity contribution in [2.24, 2.45) is 0 Å². The number of fused-ring (bicyclic) bond motifs is 1. The number of alkyl halides is 3. The number of hydrogen-bond acceptors (Lipinski definition) is 2. The summed E-state index contributed by atoms with van der Waals surface area (Å²) in [6.45, 7) is 1.59. The normalized spacial score (nSPS) is 11.6. The molecule has 0 amide bonds. The molecule has 4 rings (SSSR count). The Labute approximate surface area is 221 Å². The zero-order chi connectivity index (χ0) is 27.0. The number of rotatable bonds is 12. The van der Waals surface area contributed by atoms with Gasteiger partial charge in [0.2, 0.25) is 0 Å². The van der Waals surface area contributed by atoms with Crippen molar-refractivity contribution >= 4 is 10.8 Å². The van der Waals surface area contributed by atoms with Crippen molar-refractivity contribution in [2.45, 2.75) is 51.6 Å². The van der Waals surface area contributed by atoms with Crippen molar-refractivity contribution in [1.82, 2.24) is 0 Å². The standard InChI is InChI=1S/C32H32F4O2/c1-2-3-4-5-20-37-28-17-12-24(13-18-28)26-14-19-30-27(21-26)11-10-25(31(30)33)9-6-23-7-15-29(16-8-23)38-22-32(34,35)36/h7-8,10-19,21H,2-6,9,20,22H2,1H3. The van der Waals surface area contributed by atoms with Gasteiger partial charge in [0.1, 0.15) is 17.3 Å². The zero-order valence-corrected chi connectivity index (χ0v) is 21.5. The van der Waals surface area contributed by atoms with Crippen LogP contribution in [0.4, 0.5) is 17.6 Å². The van der Waals surface area contributed by atoms with Crippen LogP contribution < -0.4 is 9.47 Å². The lowest BCUT2D eigenvalue weighted by atomic mass is 9.97. The van der Waals surface area contributed by atoms with Crippen molar-refractivity contribution in [2.75, 3.05) is 13.2 Å². The van der Waals surface area contributed by atoms with E-state index in [-0.39, 0.29) is 11.6 Å². The van der Waals surface area contributed by atoms with Crippen LogP contribution in [0.1, 0.15) is 43.7 Å². The summed E-state index contributed by atoms with van der Waals surface area (Å²) in [7, 11) is 0. The Balaban J connectivity index is 1.37. The molecule has 0 N–H and O–H groups in total. The molecule has 2 nitrogen and oxygen atoms in total. The van der Waals surface area contributed by atoms with E-state index >= 15 is 4.39 Å². The Morgan fingerprint density at radius 2 is 1.37 bits per heavy atom. The summed E-state index contributed by atoms with van der Waals surface area (Å²) in [5, 5.41) is 1.39. The predicted molar refractivity (Wildman–Crippen MR) is 144 cm³/mol. The monoisotopic (exact) mass is 524 g/mol. The van der Waals surface area contributed by atoms with Crippen molar-refractivity contribution in [3.05, 3.63) is 95.8 Å². The molecule has 0 aliphatic rings. The molecular weight excluding hydrogens is 492 g/mol. The molecule has 0 saturated heterocycles. The Morgan fingerprint density at radius 3 is 2.08 bits per heavy atom. The van der Waals surface area contributed by atoms with Gasteiger partial charge in [0.05, 0.1) is 6.61 Å². The molecule has 38 heavy (non-hydrogen) atoms. The van der Waals surface area contributed by atoms with Crippen LogP contribution in [0.3, 0.4) is 0 Å². The molecule has 0 fully saturated rings. The second kappa shape index (κ2) is 12.8. The second-order valence-corrected chi connectivity index (χ2v) is 9.46. The molecule has 0 unspecified atom stereocenters. The molecule has 0 heterocycles. The maximum Gasteiger partial charge on any atom is 0.422 e. The van der Waals surface area contributed by atoms with Gasteiger partial charge in [-0.3, -0.25) is 0 Å². The number of benzene rings is 4. The fourth-order valence-electron chi connectivity index (χ4n) is 4.37. The van der Waals surface area contributed by atoms with Crippen LogP contribution in [0.25, 0.3) is 21.9 Å². The molecule has 0 radical (unpaired) electrons. The van der Waals surface area contributed by atoms with Crippen LogP contribution in [-0.4, -0.2) is 19.4 Å². The Morgan fingerprint density at radius 1 is 0.684 bits per heavy atom. The Bertz CT molecular complexity index is 1310. The number of halogens is 4. The van der Waals surface area contributed by atoms with Crippen molar-refractivity contribution in [1.29, 1.82) is 0 Å². The van der Waals surface area contributed by atoms with Gasteiger partial charge in [-0.2, -0.15) is 13.2 Å². The molecule has 0 atom stereocenters. The van der Waals surface area contributed by atoms with E-state index in [1.165, 1.54) is 31.4 Å². The molecule has 6 heteroatoms. The van der Waals surface area contributed by atoms with Gasteiger partial charge in [0.25, 0.3) is 0 Å². The van der Waals surface area contributed by atoms with E-state index in [0.717, 1.165) is 40.9 Å². The summed E-state index contributed by atoms with van der Waals surface area (Å²) in [6.07, 6.45) is 1.34. The lowest BCUT2D eigenvalue weighted by Gasteiger charge is -2.11. The average Bonchev–Trinajstić information content (AvgIpc) is 2.92. The Hall–Kier alpha value is -3.54. The van der Waals surface area contributed by atoms with E-state index in [0.29, 0.717) is 23.8 Å². The molecule has 200 valence electrons. The van der Waals surface area contributed by atoms with Gasteiger partial charge in [0.15, 0.2) is 6.61 Å². The lowest BCUT2D eigenvalue weighted by molar-refractivity contribution is -0.153. The van der Waals surface area contributed by atoms with E-state index < -0.39 is 12.8 Å². The first-order chi connectivity index (χ1) is 18.3. The molecule has 0 spiro atoms. The van der Waals surface area contributed by atoms with Crippen molar-refractivity contribution in [3.63, 3.8) is 0 Å². The van der Waals surface area contributed by atoms with Crippen LogP contribution in [0.5, 0.6) is 11.5 Å². The van der Waals surface area contributed by atoms with E-state index in [4.69, 9.17) is 9.47 Å². The zero-order valence-electron chi connectivity index (χ0n) is 21.5. The topological polar surface area (TPSA) is 18.5 Å². The van der Waals surface area contributed by atoms with E-state index in [9.17, 15) is 13.2 Å². The van der Waals surface area contributed by atoms with E-state index in [2.05, 4.69) is 6.92 Å². The number of unbranched alkanes of at least 4 members (excludes halogenated alkanes) is 3. The van der Waals surface area contributed by atoms with Crippen LogP contribution in [0, 0.1) is 5.82 Å². The van der Waals surface area contributed by atoms with Crippen LogP contribution in [-0.2, 0) is 12.8 Å². The van der Waals surface area contributed by atoms with Gasteiger partial charge in [0, 0.05) is 5.39 Å². The second-order valence-electron chi connectivity index (χ2n) is 9.46. The van der Waals surface area contributed by atoms with Crippen LogP contribution in [0.2, 0.25) is 0 Å². The fourth-order valence-corrected chi connectivity index (χ4v) is 4.37. The van der Waals surface area contributed by atoms with Gasteiger partial charge in [-0.1, -0.05) is 74.7 Å². The molecule has 0 bridgehead atoms. The minimum absolute atomic E-state index is 0.156. The smallest absolute Gasteiger partial charge is 0.422 e. The highest BCUT2D eigenvalue weighted by atomic mass is 19.4. The third-order valence-electron chi connectivity index (χ3n) is 6.50. The van der Waals surface area contributed by atoms with Crippen molar-refractivity contribution in [3.8, 4) is 22.6 Å². The third kappa shape index (κ3) is 7.73. The SMILES string of the molecule is CCCCCCOc1ccc(-c2ccc3c(F)c(CCc4ccc(OCC(F)(F)F)cc4)ccc3c2)cc1. The van der Waals surface area contributed by atoms with Crippen LogP contribution >= 0.6 is 0 Å². The highest BCUT2D eigenvalue weighted by Crippen LogP contribution is 2.29. The van der Waals surface area contributed by atoms with Gasteiger partial charge in [-0.15, -0.1) is 0 Å². The van der Waals surface area contributed by atoms with E-state index in [1.54, 1.807) is 18.2 Å². The first kappa shape index (κ1) is 27.5. The summed E-state index contributed by atoms with van der Waals surface area (Å²) in [6, 6.07) is 23.9. The number of hydrogen-bond donors (Lipinski definition) is 0. The van der Waals surface area contributed by atoms with E-state index in [1.807, 2.05) is 48.5 Å². The third-order valence-corrected chi connectivity index (χ3v) is 6.50. The first-order valence-electron chi connectivity index (χ1n) is 13.1.